The summed E-state index contributed by atoms with van der Waals surface area (Å²) in [7, 11) is 0. The van der Waals surface area contributed by atoms with E-state index in [1.165, 1.54) is 0 Å². The van der Waals surface area contributed by atoms with E-state index in [0.29, 0.717) is 12.2 Å². The number of para-hydroxylation sites is 1. The van der Waals surface area contributed by atoms with Gasteiger partial charge < -0.3 is 11.1 Å². The molecule has 4 N–H and O–H groups in total. The SMILES string of the molecule is Cl.NCC1(NC(=O)c2n[nH]c3ccccc23)CCCC1. The molecule has 0 spiro atoms. The van der Waals surface area contributed by atoms with Gasteiger partial charge in [-0.1, -0.05) is 31.0 Å². The Kier molecular flexibility index (Phi) is 4.30. The number of fused-ring (bicyclic) bond motifs is 1. The van der Waals surface area contributed by atoms with Gasteiger partial charge in [-0.15, -0.1) is 12.4 Å². The molecule has 0 atom stereocenters. The van der Waals surface area contributed by atoms with Crippen molar-refractivity contribution in [3.05, 3.63) is 30.0 Å². The number of aromatic nitrogens is 2. The smallest absolute Gasteiger partial charge is 0.272 e. The molecule has 0 unspecified atom stereocenters. The maximum atomic E-state index is 12.4. The second kappa shape index (κ2) is 5.81. The van der Waals surface area contributed by atoms with Gasteiger partial charge in [-0.25, -0.2) is 0 Å². The number of hydrogen-bond donors (Lipinski definition) is 3. The van der Waals surface area contributed by atoms with Crippen molar-refractivity contribution < 1.29 is 4.79 Å². The minimum Gasteiger partial charge on any atom is -0.344 e. The molecule has 5 nitrogen and oxygen atoms in total. The third kappa shape index (κ3) is 2.51. The lowest BCUT2D eigenvalue weighted by Gasteiger charge is -2.28. The van der Waals surface area contributed by atoms with E-state index in [1.807, 2.05) is 24.3 Å². The minimum atomic E-state index is -0.239. The van der Waals surface area contributed by atoms with Gasteiger partial charge in [0, 0.05) is 11.9 Å². The van der Waals surface area contributed by atoms with Gasteiger partial charge in [0.2, 0.25) is 0 Å². The Bertz CT molecular complexity index is 604. The summed E-state index contributed by atoms with van der Waals surface area (Å²) in [4.78, 5) is 12.4. The number of rotatable bonds is 3. The number of nitrogens with zero attached hydrogens (tertiary/aromatic N) is 1. The monoisotopic (exact) mass is 294 g/mol. The van der Waals surface area contributed by atoms with E-state index in [2.05, 4.69) is 15.5 Å². The molecule has 108 valence electrons. The van der Waals surface area contributed by atoms with Crippen LogP contribution in [0.15, 0.2) is 24.3 Å². The summed E-state index contributed by atoms with van der Waals surface area (Å²) in [5, 5.41) is 10.9. The Morgan fingerprint density at radius 1 is 1.35 bits per heavy atom. The average Bonchev–Trinajstić information content (AvgIpc) is 3.05. The second-order valence-electron chi connectivity index (χ2n) is 5.26. The highest BCUT2D eigenvalue weighted by atomic mass is 35.5. The van der Waals surface area contributed by atoms with Crippen LogP contribution in [0.4, 0.5) is 0 Å². The summed E-state index contributed by atoms with van der Waals surface area (Å²) in [6.07, 6.45) is 4.16. The van der Waals surface area contributed by atoms with E-state index in [9.17, 15) is 4.79 Å². The lowest BCUT2D eigenvalue weighted by molar-refractivity contribution is 0.0899. The molecule has 20 heavy (non-hydrogen) atoms. The molecule has 6 heteroatoms. The molecular weight excluding hydrogens is 276 g/mol. The predicted molar refractivity (Wildman–Crippen MR) is 81.1 cm³/mol. The van der Waals surface area contributed by atoms with Crippen molar-refractivity contribution in [2.75, 3.05) is 6.54 Å². The maximum Gasteiger partial charge on any atom is 0.272 e. The fourth-order valence-electron chi connectivity index (χ4n) is 2.87. The van der Waals surface area contributed by atoms with E-state index in [-0.39, 0.29) is 23.9 Å². The highest BCUT2D eigenvalue weighted by Crippen LogP contribution is 2.29. The fraction of sp³-hybridized carbons (Fsp3) is 0.429. The van der Waals surface area contributed by atoms with Crippen molar-refractivity contribution in [2.24, 2.45) is 5.73 Å². The lowest BCUT2D eigenvalue weighted by atomic mass is 9.97. The number of nitrogens with one attached hydrogen (secondary N) is 2. The van der Waals surface area contributed by atoms with Crippen LogP contribution >= 0.6 is 12.4 Å². The Labute approximate surface area is 123 Å². The molecule has 0 radical (unpaired) electrons. The predicted octanol–water partition coefficient (Wildman–Crippen LogP) is 1.99. The van der Waals surface area contributed by atoms with E-state index in [1.54, 1.807) is 0 Å². The summed E-state index contributed by atoms with van der Waals surface area (Å²) in [5.41, 5.74) is 6.93. The van der Waals surface area contributed by atoms with Crippen LogP contribution in [0.2, 0.25) is 0 Å². The third-order valence-electron chi connectivity index (χ3n) is 4.02. The molecule has 1 aromatic heterocycles. The van der Waals surface area contributed by atoms with E-state index >= 15 is 0 Å². The van der Waals surface area contributed by atoms with Crippen LogP contribution in [0.1, 0.15) is 36.2 Å². The molecule has 0 bridgehead atoms. The first-order chi connectivity index (χ1) is 9.24. The Hall–Kier alpha value is -1.59. The topological polar surface area (TPSA) is 83.8 Å². The number of nitrogens with two attached hydrogens (primary N) is 1. The van der Waals surface area contributed by atoms with E-state index in [0.717, 1.165) is 36.6 Å². The molecule has 3 rings (SSSR count). The highest BCUT2D eigenvalue weighted by Gasteiger charge is 2.34. The van der Waals surface area contributed by atoms with E-state index < -0.39 is 0 Å². The van der Waals surface area contributed by atoms with Gasteiger partial charge in [0.1, 0.15) is 0 Å². The molecule has 1 amide bonds. The normalized spacial score (nSPS) is 16.9. The molecule has 2 aromatic rings. The van der Waals surface area contributed by atoms with Crippen LogP contribution in [0.5, 0.6) is 0 Å². The maximum absolute atomic E-state index is 12.4. The number of H-pyrrole nitrogens is 1. The van der Waals surface area contributed by atoms with Gasteiger partial charge in [0.05, 0.1) is 11.1 Å². The molecule has 0 saturated heterocycles. The molecule has 1 heterocycles. The Balaban J connectivity index is 0.00000147. The van der Waals surface area contributed by atoms with Crippen LogP contribution in [-0.2, 0) is 0 Å². The number of hydrogen-bond acceptors (Lipinski definition) is 3. The fourth-order valence-corrected chi connectivity index (χ4v) is 2.87. The summed E-state index contributed by atoms with van der Waals surface area (Å²) >= 11 is 0. The first kappa shape index (κ1) is 14.8. The van der Waals surface area contributed by atoms with Crippen LogP contribution in [0.3, 0.4) is 0 Å². The molecular formula is C14H19ClN4O. The van der Waals surface area contributed by atoms with Gasteiger partial charge in [0.15, 0.2) is 5.69 Å². The number of halogens is 1. The molecule has 1 aliphatic carbocycles. The minimum absolute atomic E-state index is 0. The van der Waals surface area contributed by atoms with Crippen LogP contribution in [0.25, 0.3) is 10.9 Å². The number of benzene rings is 1. The number of aromatic amines is 1. The first-order valence-electron chi connectivity index (χ1n) is 6.70. The van der Waals surface area contributed by atoms with E-state index in [4.69, 9.17) is 5.73 Å². The summed E-state index contributed by atoms with van der Waals surface area (Å²) < 4.78 is 0. The molecule has 0 aliphatic heterocycles. The summed E-state index contributed by atoms with van der Waals surface area (Å²) in [6.45, 7) is 0.487. The van der Waals surface area contributed by atoms with Crippen molar-refractivity contribution in [1.82, 2.24) is 15.5 Å². The van der Waals surface area contributed by atoms with Crippen LogP contribution < -0.4 is 11.1 Å². The molecule has 1 saturated carbocycles. The van der Waals surface area contributed by atoms with Gasteiger partial charge in [-0.2, -0.15) is 5.10 Å². The number of carbonyl (C=O) groups excluding carboxylic acids is 1. The van der Waals surface area contributed by atoms with Crippen molar-refractivity contribution >= 4 is 29.2 Å². The first-order valence-corrected chi connectivity index (χ1v) is 6.70. The average molecular weight is 295 g/mol. The second-order valence-corrected chi connectivity index (χ2v) is 5.26. The van der Waals surface area contributed by atoms with Crippen molar-refractivity contribution in [3.63, 3.8) is 0 Å². The zero-order valence-electron chi connectivity index (χ0n) is 11.2. The zero-order valence-corrected chi connectivity index (χ0v) is 12.0. The molecule has 1 aliphatic rings. The van der Waals surface area contributed by atoms with Crippen molar-refractivity contribution in [2.45, 2.75) is 31.2 Å². The van der Waals surface area contributed by atoms with Crippen molar-refractivity contribution in [3.8, 4) is 0 Å². The lowest BCUT2D eigenvalue weighted by Crippen LogP contribution is -2.51. The number of carbonyl (C=O) groups is 1. The largest absolute Gasteiger partial charge is 0.344 e. The van der Waals surface area contributed by atoms with Gasteiger partial charge in [-0.3, -0.25) is 9.89 Å². The zero-order chi connectivity index (χ0) is 13.3. The third-order valence-corrected chi connectivity index (χ3v) is 4.02. The summed E-state index contributed by atoms with van der Waals surface area (Å²) in [5.74, 6) is -0.134. The standard InChI is InChI=1S/C14H18N4O.ClH/c15-9-14(7-3-4-8-14)16-13(19)12-10-5-1-2-6-11(10)17-18-12;/h1-2,5-6H,3-4,7-9,15H2,(H,16,19)(H,17,18);1H. The van der Waals surface area contributed by atoms with Crippen molar-refractivity contribution in [1.29, 1.82) is 0 Å². The van der Waals surface area contributed by atoms with Gasteiger partial charge in [-0.05, 0) is 18.9 Å². The van der Waals surface area contributed by atoms with Gasteiger partial charge in [0.25, 0.3) is 5.91 Å². The Morgan fingerprint density at radius 2 is 2.05 bits per heavy atom. The summed E-state index contributed by atoms with van der Waals surface area (Å²) in [6, 6.07) is 7.63. The highest BCUT2D eigenvalue weighted by molar-refractivity contribution is 6.04. The van der Waals surface area contributed by atoms with Crippen LogP contribution in [0, 0.1) is 0 Å². The molecule has 1 aromatic carbocycles. The van der Waals surface area contributed by atoms with Crippen LogP contribution in [-0.4, -0.2) is 28.2 Å². The Morgan fingerprint density at radius 3 is 2.75 bits per heavy atom. The quantitative estimate of drug-likeness (QED) is 0.809. The number of amides is 1. The van der Waals surface area contributed by atoms with Gasteiger partial charge >= 0.3 is 0 Å². The molecule has 1 fully saturated rings.